The predicted octanol–water partition coefficient (Wildman–Crippen LogP) is 1.78. The predicted molar refractivity (Wildman–Crippen MR) is 107 cm³/mol. The van der Waals surface area contributed by atoms with Gasteiger partial charge in [0, 0.05) is 45.0 Å². The van der Waals surface area contributed by atoms with E-state index in [-0.39, 0.29) is 6.10 Å². The number of benzene rings is 1. The molecule has 2 aromatic rings. The van der Waals surface area contributed by atoms with E-state index >= 15 is 0 Å². The van der Waals surface area contributed by atoms with E-state index in [1.165, 1.54) is 5.69 Å². The van der Waals surface area contributed by atoms with Gasteiger partial charge in [-0.1, -0.05) is 18.2 Å². The van der Waals surface area contributed by atoms with Crippen LogP contribution in [0.15, 0.2) is 42.6 Å². The first-order chi connectivity index (χ1) is 13.8. The van der Waals surface area contributed by atoms with E-state index in [0.717, 1.165) is 64.5 Å². The Hall–Kier alpha value is -1.73. The summed E-state index contributed by atoms with van der Waals surface area (Å²) in [5.41, 5.74) is 2.34. The number of aliphatic hydroxyl groups excluding tert-OH is 1. The van der Waals surface area contributed by atoms with E-state index in [9.17, 15) is 5.11 Å². The minimum atomic E-state index is -0.200. The fourth-order valence-corrected chi connectivity index (χ4v) is 5.42. The number of fused-ring (bicyclic) bond motifs is 1. The first kappa shape index (κ1) is 18.3. The smallest absolute Gasteiger partial charge is 0.0698 e. The molecule has 150 valence electrons. The molecule has 0 amide bonds. The van der Waals surface area contributed by atoms with Gasteiger partial charge >= 0.3 is 0 Å². The van der Waals surface area contributed by atoms with Gasteiger partial charge in [-0.05, 0) is 42.9 Å². The molecule has 4 atom stereocenters. The summed E-state index contributed by atoms with van der Waals surface area (Å²) in [4.78, 5) is 5.01. The minimum Gasteiger partial charge on any atom is -0.391 e. The molecule has 6 heteroatoms. The minimum absolute atomic E-state index is 0.200. The quantitative estimate of drug-likeness (QED) is 0.874. The summed E-state index contributed by atoms with van der Waals surface area (Å²) in [6, 6.07) is 12.8. The molecule has 0 bridgehead atoms. The molecule has 2 aliphatic heterocycles. The third kappa shape index (κ3) is 3.62. The summed E-state index contributed by atoms with van der Waals surface area (Å²) in [5.74, 6) is 1.30. The van der Waals surface area contributed by atoms with Crippen LogP contribution in [0.5, 0.6) is 0 Å². The molecule has 0 unspecified atom stereocenters. The fourth-order valence-electron chi connectivity index (χ4n) is 5.42. The molecule has 3 aliphatic rings. The summed E-state index contributed by atoms with van der Waals surface area (Å²) >= 11 is 0. The van der Waals surface area contributed by atoms with Gasteiger partial charge in [0.25, 0.3) is 0 Å². The summed E-state index contributed by atoms with van der Waals surface area (Å²) in [7, 11) is 0. The Bertz CT molecular complexity index is 774. The number of likely N-dealkylation sites (tertiary alicyclic amines) is 1. The number of para-hydroxylation sites is 1. The zero-order chi connectivity index (χ0) is 18.9. The van der Waals surface area contributed by atoms with E-state index in [4.69, 9.17) is 4.74 Å². The van der Waals surface area contributed by atoms with Crippen molar-refractivity contribution >= 4 is 0 Å². The van der Waals surface area contributed by atoms with Crippen LogP contribution in [0, 0.1) is 11.8 Å². The van der Waals surface area contributed by atoms with Gasteiger partial charge in [-0.3, -0.25) is 9.80 Å². The topological polar surface area (TPSA) is 53.8 Å². The first-order valence-electron chi connectivity index (χ1n) is 10.6. The van der Waals surface area contributed by atoms with E-state index in [2.05, 4.69) is 45.2 Å². The Morgan fingerprint density at radius 1 is 1.00 bits per heavy atom. The lowest BCUT2D eigenvalue weighted by Crippen LogP contribution is -2.53. The maximum absolute atomic E-state index is 10.8. The molecule has 1 aromatic carbocycles. The number of hydrogen-bond acceptors (Lipinski definition) is 5. The molecule has 3 fully saturated rings. The SMILES string of the molecule is O[C@@H]1C[C@H]2CN(Cc3ccnn3-c3ccccc3)C[C@H]2C[C@H]1N1CCOCC1. The third-order valence-corrected chi connectivity index (χ3v) is 6.81. The molecular formula is C22H30N4O2. The number of hydrogen-bond donors (Lipinski definition) is 1. The van der Waals surface area contributed by atoms with Crippen molar-refractivity contribution in [1.82, 2.24) is 19.6 Å². The maximum Gasteiger partial charge on any atom is 0.0698 e. The van der Waals surface area contributed by atoms with Crippen LogP contribution in [0.25, 0.3) is 5.69 Å². The van der Waals surface area contributed by atoms with Gasteiger partial charge in [0.1, 0.15) is 0 Å². The second kappa shape index (κ2) is 7.95. The molecule has 28 heavy (non-hydrogen) atoms. The standard InChI is InChI=1S/C22H30N4O2/c27-22-13-18-15-24(14-17(18)12-21(22)25-8-10-28-11-9-25)16-20-6-7-23-26(20)19-4-2-1-3-5-19/h1-7,17-18,21-22,27H,8-16H2/t17-,18+,21-,22-/m1/s1. The molecule has 1 N–H and O–H groups in total. The summed E-state index contributed by atoms with van der Waals surface area (Å²) in [6.07, 6.45) is 3.74. The Labute approximate surface area is 166 Å². The van der Waals surface area contributed by atoms with Gasteiger partial charge < -0.3 is 9.84 Å². The van der Waals surface area contributed by atoms with E-state index in [1.807, 2.05) is 16.9 Å². The summed E-state index contributed by atoms with van der Waals surface area (Å²) in [6.45, 7) is 6.63. The Kier molecular flexibility index (Phi) is 5.20. The normalized spacial score (nSPS) is 31.8. The monoisotopic (exact) mass is 382 g/mol. The van der Waals surface area contributed by atoms with E-state index in [0.29, 0.717) is 17.9 Å². The molecule has 0 radical (unpaired) electrons. The second-order valence-electron chi connectivity index (χ2n) is 8.54. The van der Waals surface area contributed by atoms with Crippen molar-refractivity contribution in [3.8, 4) is 5.69 Å². The van der Waals surface area contributed by atoms with E-state index in [1.54, 1.807) is 0 Å². The number of nitrogens with zero attached hydrogens (tertiary/aromatic N) is 4. The van der Waals surface area contributed by atoms with Crippen LogP contribution in [-0.2, 0) is 11.3 Å². The number of aromatic nitrogens is 2. The van der Waals surface area contributed by atoms with Gasteiger partial charge in [-0.2, -0.15) is 5.10 Å². The number of rotatable bonds is 4. The molecule has 0 spiro atoms. The van der Waals surface area contributed by atoms with Crippen LogP contribution in [0.4, 0.5) is 0 Å². The maximum atomic E-state index is 10.8. The molecule has 1 aromatic heterocycles. The molecular weight excluding hydrogens is 352 g/mol. The molecule has 2 saturated heterocycles. The van der Waals surface area contributed by atoms with Gasteiger partial charge in [0.15, 0.2) is 0 Å². The van der Waals surface area contributed by atoms with Crippen LogP contribution in [-0.4, -0.2) is 76.2 Å². The highest BCUT2D eigenvalue weighted by atomic mass is 16.5. The highest BCUT2D eigenvalue weighted by molar-refractivity contribution is 5.32. The zero-order valence-corrected chi connectivity index (χ0v) is 16.4. The van der Waals surface area contributed by atoms with Gasteiger partial charge in [-0.25, -0.2) is 4.68 Å². The average molecular weight is 383 g/mol. The van der Waals surface area contributed by atoms with Crippen LogP contribution < -0.4 is 0 Å². The Morgan fingerprint density at radius 3 is 2.54 bits per heavy atom. The molecule has 1 saturated carbocycles. The average Bonchev–Trinajstić information content (AvgIpc) is 3.35. The third-order valence-electron chi connectivity index (χ3n) is 6.81. The number of aliphatic hydroxyl groups is 1. The summed E-state index contributed by atoms with van der Waals surface area (Å²) < 4.78 is 7.55. The van der Waals surface area contributed by atoms with Crippen molar-refractivity contribution in [2.45, 2.75) is 31.5 Å². The highest BCUT2D eigenvalue weighted by Crippen LogP contribution is 2.39. The van der Waals surface area contributed by atoms with Crippen LogP contribution >= 0.6 is 0 Å². The van der Waals surface area contributed by atoms with Gasteiger partial charge in [0.2, 0.25) is 0 Å². The lowest BCUT2D eigenvalue weighted by Gasteiger charge is -2.43. The zero-order valence-electron chi connectivity index (χ0n) is 16.4. The van der Waals surface area contributed by atoms with Crippen LogP contribution in [0.1, 0.15) is 18.5 Å². The van der Waals surface area contributed by atoms with Crippen molar-refractivity contribution in [1.29, 1.82) is 0 Å². The first-order valence-corrected chi connectivity index (χ1v) is 10.6. The Morgan fingerprint density at radius 2 is 1.75 bits per heavy atom. The lowest BCUT2D eigenvalue weighted by molar-refractivity contribution is -0.0520. The fraction of sp³-hybridized carbons (Fsp3) is 0.591. The van der Waals surface area contributed by atoms with Gasteiger partial charge in [-0.15, -0.1) is 0 Å². The summed E-state index contributed by atoms with van der Waals surface area (Å²) in [5, 5.41) is 15.3. The molecule has 6 nitrogen and oxygen atoms in total. The van der Waals surface area contributed by atoms with Crippen LogP contribution in [0.3, 0.4) is 0 Å². The molecule has 3 heterocycles. The highest BCUT2D eigenvalue weighted by Gasteiger charge is 2.43. The van der Waals surface area contributed by atoms with Crippen molar-refractivity contribution in [2.75, 3.05) is 39.4 Å². The largest absolute Gasteiger partial charge is 0.391 e. The molecule has 1 aliphatic carbocycles. The molecule has 5 rings (SSSR count). The lowest BCUT2D eigenvalue weighted by atomic mass is 9.77. The number of ether oxygens (including phenoxy) is 1. The number of morpholine rings is 1. The van der Waals surface area contributed by atoms with Crippen LogP contribution in [0.2, 0.25) is 0 Å². The van der Waals surface area contributed by atoms with Crippen molar-refractivity contribution in [3.63, 3.8) is 0 Å². The van der Waals surface area contributed by atoms with E-state index < -0.39 is 0 Å². The Balaban J connectivity index is 1.25. The van der Waals surface area contributed by atoms with Crippen molar-refractivity contribution in [3.05, 3.63) is 48.3 Å². The van der Waals surface area contributed by atoms with Crippen molar-refractivity contribution in [2.24, 2.45) is 11.8 Å². The van der Waals surface area contributed by atoms with Gasteiger partial charge in [0.05, 0.1) is 30.7 Å². The second-order valence-corrected chi connectivity index (χ2v) is 8.54. The van der Waals surface area contributed by atoms with Crippen molar-refractivity contribution < 1.29 is 9.84 Å².